The van der Waals surface area contributed by atoms with E-state index in [0.717, 1.165) is 6.26 Å². The standard InChI is InChI=1S/C20H20N4O4S/c1-14(24-12-4-11-21-24)19(25)22-16-5-3-6-17(13-16)23-20(26)15-7-9-18(10-8-15)29(2,27)28/h3-14H,1-2H3,(H,22,25)(H,23,26). The molecule has 2 aromatic carbocycles. The third-order valence-corrected chi connectivity index (χ3v) is 5.36. The van der Waals surface area contributed by atoms with Crippen LogP contribution in [-0.2, 0) is 14.6 Å². The first-order valence-corrected chi connectivity index (χ1v) is 10.6. The molecule has 3 rings (SSSR count). The van der Waals surface area contributed by atoms with Crippen LogP contribution in [-0.4, -0.2) is 36.3 Å². The van der Waals surface area contributed by atoms with Crippen molar-refractivity contribution in [3.8, 4) is 0 Å². The van der Waals surface area contributed by atoms with Gasteiger partial charge in [0.1, 0.15) is 6.04 Å². The molecule has 8 nitrogen and oxygen atoms in total. The largest absolute Gasteiger partial charge is 0.324 e. The van der Waals surface area contributed by atoms with Gasteiger partial charge >= 0.3 is 0 Å². The van der Waals surface area contributed by atoms with Crippen LogP contribution in [0, 0.1) is 0 Å². The molecular weight excluding hydrogens is 392 g/mol. The van der Waals surface area contributed by atoms with Crippen LogP contribution in [0.1, 0.15) is 23.3 Å². The number of carbonyl (C=O) groups excluding carboxylic acids is 2. The van der Waals surface area contributed by atoms with Crippen LogP contribution in [0.15, 0.2) is 71.9 Å². The Morgan fingerprint density at radius 2 is 1.66 bits per heavy atom. The van der Waals surface area contributed by atoms with Crippen molar-refractivity contribution in [2.75, 3.05) is 16.9 Å². The van der Waals surface area contributed by atoms with E-state index in [9.17, 15) is 18.0 Å². The molecule has 0 aliphatic heterocycles. The molecular formula is C20H20N4O4S. The fraction of sp³-hybridized carbons (Fsp3) is 0.150. The van der Waals surface area contributed by atoms with E-state index in [1.165, 1.54) is 24.3 Å². The van der Waals surface area contributed by atoms with E-state index in [4.69, 9.17) is 0 Å². The quantitative estimate of drug-likeness (QED) is 0.647. The Balaban J connectivity index is 1.68. The lowest BCUT2D eigenvalue weighted by atomic mass is 10.2. The summed E-state index contributed by atoms with van der Waals surface area (Å²) in [7, 11) is -3.32. The zero-order valence-electron chi connectivity index (χ0n) is 15.9. The second-order valence-corrected chi connectivity index (χ2v) is 8.50. The van der Waals surface area contributed by atoms with E-state index in [-0.39, 0.29) is 10.8 Å². The maximum absolute atomic E-state index is 12.4. The van der Waals surface area contributed by atoms with Crippen LogP contribution in [0.5, 0.6) is 0 Å². The summed E-state index contributed by atoms with van der Waals surface area (Å²) in [6, 6.07) is 13.7. The number of anilines is 2. The van der Waals surface area contributed by atoms with Gasteiger partial charge in [0.25, 0.3) is 5.91 Å². The smallest absolute Gasteiger partial charge is 0.255 e. The number of hydrogen-bond acceptors (Lipinski definition) is 5. The zero-order chi connectivity index (χ0) is 21.0. The third-order valence-electron chi connectivity index (χ3n) is 4.23. The average molecular weight is 412 g/mol. The number of benzene rings is 2. The van der Waals surface area contributed by atoms with Gasteiger partial charge in [-0.1, -0.05) is 6.07 Å². The van der Waals surface area contributed by atoms with Crippen molar-refractivity contribution in [1.82, 2.24) is 9.78 Å². The predicted molar refractivity (Wildman–Crippen MR) is 110 cm³/mol. The van der Waals surface area contributed by atoms with Crippen LogP contribution in [0.4, 0.5) is 11.4 Å². The number of sulfone groups is 1. The second kappa shape index (κ2) is 8.27. The van der Waals surface area contributed by atoms with Crippen molar-refractivity contribution in [2.45, 2.75) is 17.9 Å². The van der Waals surface area contributed by atoms with Crippen molar-refractivity contribution in [2.24, 2.45) is 0 Å². The van der Waals surface area contributed by atoms with Gasteiger partial charge in [0.05, 0.1) is 4.90 Å². The van der Waals surface area contributed by atoms with E-state index in [2.05, 4.69) is 15.7 Å². The highest BCUT2D eigenvalue weighted by Crippen LogP contribution is 2.18. The van der Waals surface area contributed by atoms with Crippen molar-refractivity contribution in [1.29, 1.82) is 0 Å². The van der Waals surface area contributed by atoms with E-state index in [1.54, 1.807) is 54.3 Å². The van der Waals surface area contributed by atoms with E-state index >= 15 is 0 Å². The lowest BCUT2D eigenvalue weighted by Crippen LogP contribution is -2.24. The Bertz CT molecular complexity index is 1120. The highest BCUT2D eigenvalue weighted by atomic mass is 32.2. The summed E-state index contributed by atoms with van der Waals surface area (Å²) >= 11 is 0. The van der Waals surface area contributed by atoms with Gasteiger partial charge in [-0.3, -0.25) is 14.3 Å². The topological polar surface area (TPSA) is 110 Å². The minimum Gasteiger partial charge on any atom is -0.324 e. The average Bonchev–Trinajstić information content (AvgIpc) is 3.22. The zero-order valence-corrected chi connectivity index (χ0v) is 16.7. The van der Waals surface area contributed by atoms with Gasteiger partial charge in [-0.25, -0.2) is 8.42 Å². The molecule has 9 heteroatoms. The number of rotatable bonds is 6. The molecule has 0 aliphatic carbocycles. The van der Waals surface area contributed by atoms with Crippen molar-refractivity contribution in [3.05, 3.63) is 72.6 Å². The number of nitrogens with one attached hydrogen (secondary N) is 2. The van der Waals surface area contributed by atoms with Gasteiger partial charge in [0.15, 0.2) is 9.84 Å². The van der Waals surface area contributed by atoms with Gasteiger partial charge in [-0.15, -0.1) is 0 Å². The molecule has 1 heterocycles. The molecule has 1 aromatic heterocycles. The number of aromatic nitrogens is 2. The fourth-order valence-electron chi connectivity index (χ4n) is 2.61. The normalized spacial score (nSPS) is 12.2. The third kappa shape index (κ3) is 5.08. The highest BCUT2D eigenvalue weighted by Gasteiger charge is 2.15. The predicted octanol–water partition coefficient (Wildman–Crippen LogP) is 2.74. The molecule has 2 N–H and O–H groups in total. The van der Waals surface area contributed by atoms with Crippen molar-refractivity contribution in [3.63, 3.8) is 0 Å². The maximum atomic E-state index is 12.4. The molecule has 2 amide bonds. The molecule has 1 atom stereocenters. The number of carbonyl (C=O) groups is 2. The Morgan fingerprint density at radius 1 is 1.00 bits per heavy atom. The molecule has 0 saturated heterocycles. The summed E-state index contributed by atoms with van der Waals surface area (Å²) in [6.45, 7) is 1.73. The summed E-state index contributed by atoms with van der Waals surface area (Å²) in [4.78, 5) is 24.9. The van der Waals surface area contributed by atoms with Crippen LogP contribution in [0.25, 0.3) is 0 Å². The lowest BCUT2D eigenvalue weighted by Gasteiger charge is -2.13. The van der Waals surface area contributed by atoms with Gasteiger partial charge in [-0.05, 0) is 55.5 Å². The van der Waals surface area contributed by atoms with Crippen LogP contribution in [0.3, 0.4) is 0 Å². The number of hydrogen-bond donors (Lipinski definition) is 2. The molecule has 0 radical (unpaired) electrons. The molecule has 0 saturated carbocycles. The monoisotopic (exact) mass is 412 g/mol. The van der Waals surface area contributed by atoms with Gasteiger partial charge in [0.2, 0.25) is 5.91 Å². The summed E-state index contributed by atoms with van der Waals surface area (Å²) < 4.78 is 24.6. The van der Waals surface area contributed by atoms with Crippen molar-refractivity contribution < 1.29 is 18.0 Å². The van der Waals surface area contributed by atoms with Gasteiger partial charge in [0, 0.05) is 35.6 Å². The van der Waals surface area contributed by atoms with Crippen LogP contribution < -0.4 is 10.6 Å². The van der Waals surface area contributed by atoms with Crippen LogP contribution >= 0.6 is 0 Å². The molecule has 29 heavy (non-hydrogen) atoms. The molecule has 0 fully saturated rings. The molecule has 0 spiro atoms. The minimum absolute atomic E-state index is 0.144. The van der Waals surface area contributed by atoms with Gasteiger partial charge < -0.3 is 10.6 Å². The first kappa shape index (κ1) is 20.3. The van der Waals surface area contributed by atoms with E-state index in [1.807, 2.05) is 0 Å². The van der Waals surface area contributed by atoms with Gasteiger partial charge in [-0.2, -0.15) is 5.10 Å². The Morgan fingerprint density at radius 3 is 2.24 bits per heavy atom. The lowest BCUT2D eigenvalue weighted by molar-refractivity contribution is -0.119. The number of nitrogens with zero attached hydrogens (tertiary/aromatic N) is 2. The fourth-order valence-corrected chi connectivity index (χ4v) is 3.24. The van der Waals surface area contributed by atoms with Crippen molar-refractivity contribution >= 4 is 33.0 Å². The molecule has 0 aliphatic rings. The first-order valence-electron chi connectivity index (χ1n) is 8.75. The number of amides is 2. The Labute approximate surface area is 168 Å². The molecule has 3 aromatic rings. The minimum atomic E-state index is -3.32. The van der Waals surface area contributed by atoms with E-state index < -0.39 is 21.8 Å². The maximum Gasteiger partial charge on any atom is 0.255 e. The first-order chi connectivity index (χ1) is 13.7. The second-order valence-electron chi connectivity index (χ2n) is 6.48. The van der Waals surface area contributed by atoms with Crippen LogP contribution in [0.2, 0.25) is 0 Å². The summed E-state index contributed by atoms with van der Waals surface area (Å²) in [5, 5.41) is 9.57. The molecule has 0 bridgehead atoms. The Kier molecular flexibility index (Phi) is 5.79. The molecule has 1 unspecified atom stereocenters. The van der Waals surface area contributed by atoms with E-state index in [0.29, 0.717) is 16.9 Å². The Hall–Kier alpha value is -3.46. The highest BCUT2D eigenvalue weighted by molar-refractivity contribution is 7.90. The summed E-state index contributed by atoms with van der Waals surface area (Å²) in [5.74, 6) is -0.632. The summed E-state index contributed by atoms with van der Waals surface area (Å²) in [5.41, 5.74) is 1.34. The summed E-state index contributed by atoms with van der Waals surface area (Å²) in [6.07, 6.45) is 4.41. The molecule has 150 valence electrons. The SMILES string of the molecule is CC(C(=O)Nc1cccc(NC(=O)c2ccc(S(C)(=O)=O)cc2)c1)n1cccn1.